The van der Waals surface area contributed by atoms with E-state index in [2.05, 4.69) is 47.2 Å². The molecule has 66 valence electrons. The zero-order valence-electron chi connectivity index (χ0n) is 7.59. The van der Waals surface area contributed by atoms with Crippen molar-refractivity contribution in [3.8, 4) is 0 Å². The summed E-state index contributed by atoms with van der Waals surface area (Å²) in [4.78, 5) is 0. The first-order valence-electron chi connectivity index (χ1n) is 4.55. The van der Waals surface area contributed by atoms with Crippen LogP contribution in [0.3, 0.4) is 0 Å². The van der Waals surface area contributed by atoms with Gasteiger partial charge in [0.25, 0.3) is 0 Å². The predicted octanol–water partition coefficient (Wildman–Crippen LogP) is 2.43. The second-order valence-electron chi connectivity index (χ2n) is 3.08. The molecule has 0 aliphatic carbocycles. The normalized spacial score (nSPS) is 10.2. The fourth-order valence-corrected chi connectivity index (χ4v) is 1.63. The number of unbranched alkanes of at least 4 members (excludes halogenated alkanes) is 1. The number of hydrogen-bond donors (Lipinski definition) is 0. The Hall–Kier alpha value is -0.261. The van der Waals surface area contributed by atoms with Crippen molar-refractivity contribution in [3.63, 3.8) is 0 Å². The predicted molar refractivity (Wildman–Crippen MR) is 55.9 cm³/mol. The monoisotopic (exact) mass is 228 g/mol. The van der Waals surface area contributed by atoms with Crippen molar-refractivity contribution in [2.75, 3.05) is 0 Å². The molecule has 0 aromatic heterocycles. The number of rotatable bonds is 4. The summed E-state index contributed by atoms with van der Waals surface area (Å²) < 4.78 is 0. The summed E-state index contributed by atoms with van der Waals surface area (Å²) in [6, 6.07) is 8.95. The van der Waals surface area contributed by atoms with Crippen LogP contribution in [0.4, 0.5) is 0 Å². The van der Waals surface area contributed by atoms with E-state index < -0.39 is 0 Å². The molecule has 0 aliphatic rings. The van der Waals surface area contributed by atoms with Crippen LogP contribution in [0, 0.1) is 0 Å². The quantitative estimate of drug-likeness (QED) is 0.693. The average molecular weight is 227 g/mol. The molecular weight excluding hydrogens is 211 g/mol. The van der Waals surface area contributed by atoms with Crippen LogP contribution in [0.25, 0.3) is 0 Å². The topological polar surface area (TPSA) is 0 Å². The molecule has 0 saturated heterocycles. The molecule has 0 nitrogen and oxygen atoms in total. The standard InChI is InChI=1S/C11H16Se/c1-2-3-4-10-5-7-11(9-12)8-6-10/h5-8,12H,2-4,9H2,1H3. The van der Waals surface area contributed by atoms with Gasteiger partial charge in [0, 0.05) is 0 Å². The third-order valence-corrected chi connectivity index (χ3v) is 2.79. The van der Waals surface area contributed by atoms with Crippen molar-refractivity contribution in [2.24, 2.45) is 0 Å². The Morgan fingerprint density at radius 3 is 2.17 bits per heavy atom. The second kappa shape index (κ2) is 5.40. The van der Waals surface area contributed by atoms with Crippen LogP contribution in [-0.2, 0) is 11.7 Å². The SMILES string of the molecule is CCCCc1ccc(C[SeH])cc1. The molecule has 0 atom stereocenters. The van der Waals surface area contributed by atoms with Crippen LogP contribution < -0.4 is 0 Å². The summed E-state index contributed by atoms with van der Waals surface area (Å²) in [6.07, 6.45) is 3.82. The van der Waals surface area contributed by atoms with Crippen LogP contribution in [-0.4, -0.2) is 16.0 Å². The Balaban J connectivity index is 2.53. The molecule has 0 bridgehead atoms. The van der Waals surface area contributed by atoms with Gasteiger partial charge in [-0.3, -0.25) is 0 Å². The van der Waals surface area contributed by atoms with E-state index in [4.69, 9.17) is 0 Å². The van der Waals surface area contributed by atoms with Crippen molar-refractivity contribution >= 4 is 16.0 Å². The first-order valence-corrected chi connectivity index (χ1v) is 5.88. The fourth-order valence-electron chi connectivity index (χ4n) is 1.19. The second-order valence-corrected chi connectivity index (χ2v) is 3.74. The van der Waals surface area contributed by atoms with E-state index in [1.807, 2.05) is 0 Å². The Morgan fingerprint density at radius 2 is 1.67 bits per heavy atom. The van der Waals surface area contributed by atoms with Gasteiger partial charge >= 0.3 is 82.9 Å². The summed E-state index contributed by atoms with van der Waals surface area (Å²) in [5, 5.41) is 1.08. The van der Waals surface area contributed by atoms with Gasteiger partial charge in [0.15, 0.2) is 0 Å². The van der Waals surface area contributed by atoms with Gasteiger partial charge in [-0.15, -0.1) is 0 Å². The van der Waals surface area contributed by atoms with Gasteiger partial charge in [0.05, 0.1) is 0 Å². The van der Waals surface area contributed by atoms with Gasteiger partial charge < -0.3 is 0 Å². The molecule has 0 saturated carbocycles. The summed E-state index contributed by atoms with van der Waals surface area (Å²) in [5.41, 5.74) is 2.89. The molecule has 1 rings (SSSR count). The van der Waals surface area contributed by atoms with E-state index >= 15 is 0 Å². The van der Waals surface area contributed by atoms with Crippen molar-refractivity contribution in [1.82, 2.24) is 0 Å². The summed E-state index contributed by atoms with van der Waals surface area (Å²) in [7, 11) is 0. The Bertz CT molecular complexity index is 213. The van der Waals surface area contributed by atoms with Crippen LogP contribution in [0.5, 0.6) is 0 Å². The van der Waals surface area contributed by atoms with E-state index in [0.717, 1.165) is 5.32 Å². The molecule has 1 aromatic rings. The molecular formula is C11H16Se. The molecule has 0 radical (unpaired) electrons. The third-order valence-electron chi connectivity index (χ3n) is 2.02. The van der Waals surface area contributed by atoms with Crippen LogP contribution in [0.1, 0.15) is 30.9 Å². The van der Waals surface area contributed by atoms with Crippen LogP contribution >= 0.6 is 0 Å². The van der Waals surface area contributed by atoms with Crippen LogP contribution in [0.2, 0.25) is 0 Å². The van der Waals surface area contributed by atoms with Crippen molar-refractivity contribution in [2.45, 2.75) is 31.5 Å². The van der Waals surface area contributed by atoms with Crippen molar-refractivity contribution in [1.29, 1.82) is 0 Å². The minimum atomic E-state index is 1.08. The maximum atomic E-state index is 2.61. The van der Waals surface area contributed by atoms with E-state index in [1.54, 1.807) is 0 Å². The molecule has 0 N–H and O–H groups in total. The Kier molecular flexibility index (Phi) is 4.42. The molecule has 0 aliphatic heterocycles. The first kappa shape index (κ1) is 9.82. The van der Waals surface area contributed by atoms with Crippen molar-refractivity contribution in [3.05, 3.63) is 35.4 Å². The maximum absolute atomic E-state index is 2.61. The molecule has 12 heavy (non-hydrogen) atoms. The fraction of sp³-hybridized carbons (Fsp3) is 0.455. The van der Waals surface area contributed by atoms with Crippen LogP contribution in [0.15, 0.2) is 24.3 Å². The zero-order valence-corrected chi connectivity index (χ0v) is 9.46. The Morgan fingerprint density at radius 1 is 1.08 bits per heavy atom. The molecule has 0 unspecified atom stereocenters. The average Bonchev–Trinajstić information content (AvgIpc) is 2.15. The first-order chi connectivity index (χ1) is 5.86. The molecule has 1 aromatic carbocycles. The zero-order chi connectivity index (χ0) is 8.81. The minimum absolute atomic E-state index is 1.08. The summed E-state index contributed by atoms with van der Waals surface area (Å²) in [6.45, 7) is 2.23. The van der Waals surface area contributed by atoms with E-state index in [-0.39, 0.29) is 0 Å². The number of benzene rings is 1. The van der Waals surface area contributed by atoms with Gasteiger partial charge in [-0.25, -0.2) is 0 Å². The van der Waals surface area contributed by atoms with Gasteiger partial charge in [-0.1, -0.05) is 0 Å². The molecule has 0 spiro atoms. The van der Waals surface area contributed by atoms with E-state index in [9.17, 15) is 0 Å². The summed E-state index contributed by atoms with van der Waals surface area (Å²) >= 11 is 2.61. The molecule has 0 fully saturated rings. The Labute approximate surface area is 83.2 Å². The molecule has 0 amide bonds. The van der Waals surface area contributed by atoms with Crippen molar-refractivity contribution < 1.29 is 0 Å². The third kappa shape index (κ3) is 3.00. The molecule has 0 heterocycles. The van der Waals surface area contributed by atoms with Gasteiger partial charge in [0.1, 0.15) is 0 Å². The van der Waals surface area contributed by atoms with Gasteiger partial charge in [-0.05, 0) is 0 Å². The van der Waals surface area contributed by atoms with Gasteiger partial charge in [0.2, 0.25) is 0 Å². The van der Waals surface area contributed by atoms with E-state index in [1.165, 1.54) is 30.4 Å². The van der Waals surface area contributed by atoms with Gasteiger partial charge in [-0.2, -0.15) is 0 Å². The number of aryl methyl sites for hydroxylation is 1. The van der Waals surface area contributed by atoms with E-state index in [0.29, 0.717) is 0 Å². The number of hydrogen-bond acceptors (Lipinski definition) is 0. The molecule has 1 heteroatoms. The summed E-state index contributed by atoms with van der Waals surface area (Å²) in [5.74, 6) is 0.